The second-order valence-electron chi connectivity index (χ2n) is 9.99. The first-order chi connectivity index (χ1) is 15.3. The molecule has 0 saturated carbocycles. The van der Waals surface area contributed by atoms with Crippen LogP contribution in [0.15, 0.2) is 18.2 Å². The Kier molecular flexibility index (Phi) is 12.0. The molecule has 0 N–H and O–H groups in total. The Bertz CT molecular complexity index is 768. The highest BCUT2D eigenvalue weighted by molar-refractivity contribution is 6.35. The first-order valence-electron chi connectivity index (χ1n) is 11.8. The number of hydrogen-bond donors (Lipinski definition) is 0. The summed E-state index contributed by atoms with van der Waals surface area (Å²) in [6, 6.07) is 5.06. The molecule has 0 aromatic heterocycles. The lowest BCUT2D eigenvalue weighted by atomic mass is 9.92. The topological polar surface area (TPSA) is 61.8 Å². The summed E-state index contributed by atoms with van der Waals surface area (Å²) in [6.45, 7) is 15.4. The molecule has 0 aliphatic rings. The van der Waals surface area contributed by atoms with Crippen molar-refractivity contribution < 1.29 is 23.8 Å². The Morgan fingerprint density at radius 1 is 1.03 bits per heavy atom. The molecule has 5 nitrogen and oxygen atoms in total. The molecule has 0 amide bonds. The SMILES string of the molecule is CCC(CC)[C@H](Oc1ccc(Cl)cc1Cl)[C@H](C)OC(=O)[C@@H](CC(=O)OC(C)(C)C)CC(C)C. The molecule has 188 valence electrons. The van der Waals surface area contributed by atoms with Crippen LogP contribution in [-0.2, 0) is 19.1 Å². The fraction of sp³-hybridized carbons (Fsp3) is 0.692. The van der Waals surface area contributed by atoms with Gasteiger partial charge in [0.2, 0.25) is 0 Å². The molecule has 0 saturated heterocycles. The van der Waals surface area contributed by atoms with Gasteiger partial charge in [-0.05, 0) is 77.0 Å². The maximum absolute atomic E-state index is 13.1. The number of hydrogen-bond acceptors (Lipinski definition) is 5. The molecular formula is C26H40Cl2O5. The number of rotatable bonds is 12. The van der Waals surface area contributed by atoms with Crippen LogP contribution in [0.3, 0.4) is 0 Å². The molecule has 0 unspecified atom stereocenters. The number of carbonyl (C=O) groups excluding carboxylic acids is 2. The highest BCUT2D eigenvalue weighted by atomic mass is 35.5. The number of benzene rings is 1. The number of ether oxygens (including phenoxy) is 3. The van der Waals surface area contributed by atoms with Crippen LogP contribution < -0.4 is 4.74 Å². The average molecular weight is 504 g/mol. The third-order valence-corrected chi connectivity index (χ3v) is 5.89. The lowest BCUT2D eigenvalue weighted by molar-refractivity contribution is -0.167. The van der Waals surface area contributed by atoms with Gasteiger partial charge in [0, 0.05) is 5.02 Å². The predicted octanol–water partition coefficient (Wildman–Crippen LogP) is 7.50. The normalized spacial score (nSPS) is 14.7. The van der Waals surface area contributed by atoms with Crippen LogP contribution in [0, 0.1) is 17.8 Å². The molecule has 1 rings (SSSR count). The van der Waals surface area contributed by atoms with Gasteiger partial charge in [0.15, 0.2) is 0 Å². The van der Waals surface area contributed by atoms with Gasteiger partial charge in [-0.15, -0.1) is 0 Å². The average Bonchev–Trinajstić information content (AvgIpc) is 2.67. The number of carbonyl (C=O) groups is 2. The Labute approximate surface area is 209 Å². The highest BCUT2D eigenvalue weighted by Crippen LogP contribution is 2.32. The number of halogens is 2. The van der Waals surface area contributed by atoms with Crippen LogP contribution in [0.5, 0.6) is 5.75 Å². The van der Waals surface area contributed by atoms with Crippen molar-refractivity contribution in [1.29, 1.82) is 0 Å². The largest absolute Gasteiger partial charge is 0.485 e. The molecule has 33 heavy (non-hydrogen) atoms. The molecule has 0 aliphatic heterocycles. The summed E-state index contributed by atoms with van der Waals surface area (Å²) < 4.78 is 17.6. The van der Waals surface area contributed by atoms with Crippen LogP contribution in [0.1, 0.15) is 81.1 Å². The highest BCUT2D eigenvalue weighted by Gasteiger charge is 2.34. The summed E-state index contributed by atoms with van der Waals surface area (Å²) in [4.78, 5) is 25.5. The van der Waals surface area contributed by atoms with E-state index < -0.39 is 35.7 Å². The molecular weight excluding hydrogens is 463 g/mol. The van der Waals surface area contributed by atoms with E-state index in [0.29, 0.717) is 22.2 Å². The second kappa shape index (κ2) is 13.4. The smallest absolute Gasteiger partial charge is 0.309 e. The third kappa shape index (κ3) is 10.6. The first kappa shape index (κ1) is 29.6. The van der Waals surface area contributed by atoms with Gasteiger partial charge in [-0.2, -0.15) is 0 Å². The van der Waals surface area contributed by atoms with Crippen LogP contribution >= 0.6 is 23.2 Å². The van der Waals surface area contributed by atoms with Crippen molar-refractivity contribution in [3.05, 3.63) is 28.2 Å². The van der Waals surface area contributed by atoms with E-state index in [0.717, 1.165) is 12.8 Å². The minimum Gasteiger partial charge on any atom is -0.485 e. The Morgan fingerprint density at radius 3 is 2.12 bits per heavy atom. The molecule has 7 heteroatoms. The second-order valence-corrected chi connectivity index (χ2v) is 10.8. The molecule has 0 spiro atoms. The summed E-state index contributed by atoms with van der Waals surface area (Å²) in [5.74, 6) is -0.535. The monoisotopic (exact) mass is 502 g/mol. The maximum Gasteiger partial charge on any atom is 0.309 e. The summed E-state index contributed by atoms with van der Waals surface area (Å²) in [7, 11) is 0. The fourth-order valence-electron chi connectivity index (χ4n) is 3.81. The van der Waals surface area contributed by atoms with Gasteiger partial charge < -0.3 is 14.2 Å². The van der Waals surface area contributed by atoms with Crippen molar-refractivity contribution in [2.75, 3.05) is 0 Å². The first-order valence-corrected chi connectivity index (χ1v) is 12.6. The molecule has 0 bridgehead atoms. The van der Waals surface area contributed by atoms with Crippen LogP contribution in [-0.4, -0.2) is 29.7 Å². The lowest BCUT2D eigenvalue weighted by Gasteiger charge is -2.32. The van der Waals surface area contributed by atoms with Gasteiger partial charge in [0.25, 0.3) is 0 Å². The van der Waals surface area contributed by atoms with E-state index in [9.17, 15) is 9.59 Å². The van der Waals surface area contributed by atoms with Crippen molar-refractivity contribution in [2.24, 2.45) is 17.8 Å². The van der Waals surface area contributed by atoms with E-state index >= 15 is 0 Å². The van der Waals surface area contributed by atoms with Gasteiger partial charge in [0.05, 0.1) is 17.4 Å². The zero-order valence-electron chi connectivity index (χ0n) is 21.2. The molecule has 1 aromatic rings. The Balaban J connectivity index is 3.03. The number of esters is 2. The van der Waals surface area contributed by atoms with E-state index in [2.05, 4.69) is 13.8 Å². The Hall–Kier alpha value is -1.46. The van der Waals surface area contributed by atoms with Gasteiger partial charge in [-0.1, -0.05) is 50.9 Å². The van der Waals surface area contributed by atoms with Gasteiger partial charge in [-0.3, -0.25) is 9.59 Å². The summed E-state index contributed by atoms with van der Waals surface area (Å²) in [5, 5.41) is 0.921. The maximum atomic E-state index is 13.1. The van der Waals surface area contributed by atoms with Crippen molar-refractivity contribution in [3.63, 3.8) is 0 Å². The molecule has 1 aromatic carbocycles. The lowest BCUT2D eigenvalue weighted by Crippen LogP contribution is -2.41. The molecule has 3 atom stereocenters. The minimum atomic E-state index is -0.608. The van der Waals surface area contributed by atoms with E-state index in [1.165, 1.54) is 0 Å². The van der Waals surface area contributed by atoms with Crippen LogP contribution in [0.25, 0.3) is 0 Å². The zero-order chi connectivity index (χ0) is 25.3. The summed E-state index contributed by atoms with van der Waals surface area (Å²) in [6.07, 6.45) is 1.28. The molecule has 0 heterocycles. The minimum absolute atomic E-state index is 0.0134. The van der Waals surface area contributed by atoms with Gasteiger partial charge >= 0.3 is 11.9 Å². The van der Waals surface area contributed by atoms with E-state index in [4.69, 9.17) is 37.4 Å². The van der Waals surface area contributed by atoms with E-state index in [-0.39, 0.29) is 18.3 Å². The van der Waals surface area contributed by atoms with Crippen LogP contribution in [0.2, 0.25) is 10.0 Å². The van der Waals surface area contributed by atoms with Gasteiger partial charge in [0.1, 0.15) is 23.6 Å². The third-order valence-electron chi connectivity index (χ3n) is 5.36. The van der Waals surface area contributed by atoms with Crippen molar-refractivity contribution in [2.45, 2.75) is 98.9 Å². The quantitative estimate of drug-likeness (QED) is 0.276. The summed E-state index contributed by atoms with van der Waals surface area (Å²) >= 11 is 12.3. The van der Waals surface area contributed by atoms with Crippen LogP contribution in [0.4, 0.5) is 0 Å². The molecule has 0 fully saturated rings. The van der Waals surface area contributed by atoms with E-state index in [1.807, 2.05) is 41.5 Å². The van der Waals surface area contributed by atoms with E-state index in [1.54, 1.807) is 18.2 Å². The van der Waals surface area contributed by atoms with Gasteiger partial charge in [-0.25, -0.2) is 0 Å². The van der Waals surface area contributed by atoms with Crippen molar-refractivity contribution in [1.82, 2.24) is 0 Å². The molecule has 0 aliphatic carbocycles. The fourth-order valence-corrected chi connectivity index (χ4v) is 4.26. The predicted molar refractivity (Wildman–Crippen MR) is 134 cm³/mol. The molecule has 0 radical (unpaired) electrons. The van der Waals surface area contributed by atoms with Crippen molar-refractivity contribution in [3.8, 4) is 5.75 Å². The Morgan fingerprint density at radius 2 is 1.64 bits per heavy atom. The van der Waals surface area contributed by atoms with Crippen molar-refractivity contribution >= 4 is 35.1 Å². The summed E-state index contributed by atoms with van der Waals surface area (Å²) in [5.41, 5.74) is -0.608. The zero-order valence-corrected chi connectivity index (χ0v) is 22.8. The standard InChI is InChI=1S/C26H40Cl2O5/c1-9-18(10-2)24(32-22-12-11-20(27)15-21(22)28)17(5)31-25(30)19(13-16(3)4)14-23(29)33-26(6,7)8/h11-12,15-19,24H,9-10,13-14H2,1-8H3/t17-,19+,24+/m0/s1.